The Bertz CT molecular complexity index is 1240. The highest BCUT2D eigenvalue weighted by Gasteiger charge is 2.55. The average molecular weight is 459 g/mol. The first-order valence-corrected chi connectivity index (χ1v) is 11.7. The van der Waals surface area contributed by atoms with Crippen LogP contribution in [0.1, 0.15) is 49.8 Å². The number of carbonyl (C=O) groups excluding carboxylic acids is 1. The zero-order valence-electron chi connectivity index (χ0n) is 20.1. The van der Waals surface area contributed by atoms with Crippen LogP contribution >= 0.6 is 0 Å². The molecule has 3 unspecified atom stereocenters. The van der Waals surface area contributed by atoms with E-state index in [1.807, 2.05) is 43.3 Å². The molecule has 1 amide bonds. The maximum atomic E-state index is 13.6. The minimum Gasteiger partial charge on any atom is -0.490 e. The number of hydrogen-bond acceptors (Lipinski definition) is 6. The van der Waals surface area contributed by atoms with Gasteiger partial charge in [0.05, 0.1) is 17.2 Å². The van der Waals surface area contributed by atoms with E-state index in [-0.39, 0.29) is 29.5 Å². The SMILES string of the molecule is Cc1cc(C#N)cc(-c2ccc3c(c2)C2(CC(C4CCOC(C)(C)C4)O3)N=C(N)N(C)C2=O)c1. The second kappa shape index (κ2) is 7.85. The minimum atomic E-state index is -1.11. The number of carbonyl (C=O) groups is 1. The molecule has 2 N–H and O–H groups in total. The van der Waals surface area contributed by atoms with Crippen molar-refractivity contribution < 1.29 is 14.3 Å². The van der Waals surface area contributed by atoms with Gasteiger partial charge in [0.1, 0.15) is 11.9 Å². The molecule has 1 spiro atoms. The lowest BCUT2D eigenvalue weighted by Crippen LogP contribution is -2.49. The van der Waals surface area contributed by atoms with Gasteiger partial charge in [-0.3, -0.25) is 9.69 Å². The van der Waals surface area contributed by atoms with Crippen molar-refractivity contribution >= 4 is 11.9 Å². The number of nitrogens with two attached hydrogens (primary N) is 1. The smallest absolute Gasteiger partial charge is 0.261 e. The molecule has 0 radical (unpaired) electrons. The number of fused-ring (bicyclic) bond motifs is 2. The largest absolute Gasteiger partial charge is 0.490 e. The van der Waals surface area contributed by atoms with Crippen molar-refractivity contribution in [1.29, 1.82) is 5.26 Å². The Morgan fingerprint density at radius 3 is 2.65 bits per heavy atom. The molecule has 5 rings (SSSR count). The van der Waals surface area contributed by atoms with E-state index in [0.717, 1.165) is 35.1 Å². The number of nitriles is 1. The number of rotatable bonds is 2. The summed E-state index contributed by atoms with van der Waals surface area (Å²) in [6, 6.07) is 13.9. The molecule has 7 nitrogen and oxygen atoms in total. The van der Waals surface area contributed by atoms with E-state index in [1.54, 1.807) is 7.05 Å². The summed E-state index contributed by atoms with van der Waals surface area (Å²) in [5, 5.41) is 9.42. The van der Waals surface area contributed by atoms with Gasteiger partial charge >= 0.3 is 0 Å². The van der Waals surface area contributed by atoms with Gasteiger partial charge in [0.15, 0.2) is 11.5 Å². The van der Waals surface area contributed by atoms with E-state index in [0.29, 0.717) is 24.3 Å². The number of benzene rings is 2. The molecule has 0 bridgehead atoms. The van der Waals surface area contributed by atoms with Crippen LogP contribution in [-0.2, 0) is 15.1 Å². The average Bonchev–Trinajstić information content (AvgIpc) is 3.01. The number of likely N-dealkylation sites (N-methyl/N-ethyl adjacent to an activating group) is 1. The fraction of sp³-hybridized carbons (Fsp3) is 0.444. The van der Waals surface area contributed by atoms with Crippen molar-refractivity contribution in [2.24, 2.45) is 16.6 Å². The number of aliphatic imine (C=N–C) groups is 1. The summed E-state index contributed by atoms with van der Waals surface area (Å²) in [7, 11) is 1.67. The first-order chi connectivity index (χ1) is 16.1. The Hall–Kier alpha value is -3.37. The predicted octanol–water partition coefficient (Wildman–Crippen LogP) is 3.87. The molecule has 3 aliphatic heterocycles. The van der Waals surface area contributed by atoms with E-state index < -0.39 is 5.54 Å². The summed E-state index contributed by atoms with van der Waals surface area (Å²) in [6.07, 6.45) is 1.99. The second-order valence-electron chi connectivity index (χ2n) is 10.3. The standard InChI is InChI=1S/C27H30N4O3/c1-16-9-17(15-28)11-20(10-16)18-5-6-22-21(12-18)27(24(32)31(4)25(29)30-27)14-23(34-22)19-7-8-33-26(2,3)13-19/h5-6,9-12,19,23H,7-8,13-14H2,1-4H3,(H2,29,30). The summed E-state index contributed by atoms with van der Waals surface area (Å²) >= 11 is 0. The molecule has 2 aromatic carbocycles. The normalized spacial score (nSPS) is 27.7. The molecule has 176 valence electrons. The molecule has 3 aliphatic rings. The van der Waals surface area contributed by atoms with Gasteiger partial charge in [0.25, 0.3) is 5.91 Å². The summed E-state index contributed by atoms with van der Waals surface area (Å²) in [5.74, 6) is 0.998. The third-order valence-corrected chi connectivity index (χ3v) is 7.31. The van der Waals surface area contributed by atoms with E-state index >= 15 is 0 Å². The van der Waals surface area contributed by atoms with Crippen LogP contribution < -0.4 is 10.5 Å². The molecule has 0 aliphatic carbocycles. The number of guanidine groups is 1. The van der Waals surface area contributed by atoms with Crippen molar-refractivity contribution in [2.75, 3.05) is 13.7 Å². The summed E-state index contributed by atoms with van der Waals surface area (Å²) < 4.78 is 12.5. The first-order valence-electron chi connectivity index (χ1n) is 11.7. The fourth-order valence-corrected chi connectivity index (χ4v) is 5.62. The van der Waals surface area contributed by atoms with Gasteiger partial charge < -0.3 is 15.2 Å². The third kappa shape index (κ3) is 3.63. The fourth-order valence-electron chi connectivity index (χ4n) is 5.62. The van der Waals surface area contributed by atoms with E-state index in [4.69, 9.17) is 20.2 Å². The van der Waals surface area contributed by atoms with Gasteiger partial charge in [-0.15, -0.1) is 0 Å². The van der Waals surface area contributed by atoms with Crippen LogP contribution in [0, 0.1) is 24.2 Å². The Morgan fingerprint density at radius 2 is 1.97 bits per heavy atom. The number of nitrogens with zero attached hydrogens (tertiary/aromatic N) is 3. The second-order valence-corrected chi connectivity index (χ2v) is 10.3. The lowest BCUT2D eigenvalue weighted by atomic mass is 9.74. The number of aryl methyl sites for hydroxylation is 1. The maximum Gasteiger partial charge on any atom is 0.261 e. The molecule has 34 heavy (non-hydrogen) atoms. The lowest BCUT2D eigenvalue weighted by Gasteiger charge is -2.44. The number of hydrogen-bond donors (Lipinski definition) is 1. The zero-order chi connectivity index (χ0) is 24.3. The van der Waals surface area contributed by atoms with Crippen LogP contribution in [-0.4, -0.2) is 42.1 Å². The quantitative estimate of drug-likeness (QED) is 0.736. The van der Waals surface area contributed by atoms with Crippen LogP contribution in [0.15, 0.2) is 41.4 Å². The first kappa shape index (κ1) is 22.4. The van der Waals surface area contributed by atoms with Crippen molar-refractivity contribution in [2.45, 2.75) is 57.3 Å². The summed E-state index contributed by atoms with van der Waals surface area (Å²) in [4.78, 5) is 19.8. The lowest BCUT2D eigenvalue weighted by molar-refractivity contribution is -0.134. The Balaban J connectivity index is 1.61. The minimum absolute atomic E-state index is 0.134. The molecule has 0 saturated carbocycles. The maximum absolute atomic E-state index is 13.6. The molecular weight excluding hydrogens is 428 g/mol. The highest BCUT2D eigenvalue weighted by atomic mass is 16.5. The summed E-state index contributed by atoms with van der Waals surface area (Å²) in [5.41, 5.74) is 8.96. The molecule has 2 aromatic rings. The molecule has 1 fully saturated rings. The van der Waals surface area contributed by atoms with Crippen molar-refractivity contribution in [3.63, 3.8) is 0 Å². The topological polar surface area (TPSA) is 101 Å². The monoisotopic (exact) mass is 458 g/mol. The van der Waals surface area contributed by atoms with Crippen LogP contribution in [0.4, 0.5) is 0 Å². The highest BCUT2D eigenvalue weighted by Crippen LogP contribution is 2.49. The van der Waals surface area contributed by atoms with Crippen LogP contribution in [0.3, 0.4) is 0 Å². The molecule has 3 atom stereocenters. The number of ether oxygens (including phenoxy) is 2. The van der Waals surface area contributed by atoms with Gasteiger partial charge in [0, 0.05) is 31.6 Å². The van der Waals surface area contributed by atoms with Crippen molar-refractivity contribution in [1.82, 2.24) is 4.90 Å². The van der Waals surface area contributed by atoms with Gasteiger partial charge in [-0.25, -0.2) is 4.99 Å². The van der Waals surface area contributed by atoms with Crippen LogP contribution in [0.2, 0.25) is 0 Å². The Kier molecular flexibility index (Phi) is 5.18. The molecule has 3 heterocycles. The van der Waals surface area contributed by atoms with Crippen molar-refractivity contribution in [3.05, 3.63) is 53.1 Å². The van der Waals surface area contributed by atoms with Gasteiger partial charge in [-0.05, 0) is 74.6 Å². The number of amides is 1. The van der Waals surface area contributed by atoms with E-state index in [2.05, 4.69) is 19.9 Å². The van der Waals surface area contributed by atoms with Gasteiger partial charge in [-0.2, -0.15) is 5.26 Å². The Labute approximate surface area is 200 Å². The molecule has 1 saturated heterocycles. The van der Waals surface area contributed by atoms with Crippen molar-refractivity contribution in [3.8, 4) is 22.9 Å². The predicted molar refractivity (Wildman–Crippen MR) is 129 cm³/mol. The summed E-state index contributed by atoms with van der Waals surface area (Å²) in [6.45, 7) is 6.83. The Morgan fingerprint density at radius 1 is 1.18 bits per heavy atom. The molecule has 0 aromatic heterocycles. The van der Waals surface area contributed by atoms with Gasteiger partial charge in [-0.1, -0.05) is 12.1 Å². The molecule has 7 heteroatoms. The zero-order valence-corrected chi connectivity index (χ0v) is 20.1. The van der Waals surface area contributed by atoms with E-state index in [1.165, 1.54) is 4.90 Å². The third-order valence-electron chi connectivity index (χ3n) is 7.31. The van der Waals surface area contributed by atoms with E-state index in [9.17, 15) is 10.1 Å². The van der Waals surface area contributed by atoms with Gasteiger partial charge in [0.2, 0.25) is 0 Å². The highest BCUT2D eigenvalue weighted by molar-refractivity contribution is 6.07. The van der Waals surface area contributed by atoms with Crippen LogP contribution in [0.25, 0.3) is 11.1 Å². The van der Waals surface area contributed by atoms with Crippen LogP contribution in [0.5, 0.6) is 5.75 Å². The molecular formula is C27H30N4O3.